The number of aromatic nitrogens is 1. The quantitative estimate of drug-likeness (QED) is 0.639. The van der Waals surface area contributed by atoms with Crippen LogP contribution in [0, 0.1) is 6.92 Å². The van der Waals surface area contributed by atoms with Crippen LogP contribution in [-0.4, -0.2) is 37.1 Å². The summed E-state index contributed by atoms with van der Waals surface area (Å²) in [5, 5.41) is 6.14. The number of thiazole rings is 1. The van der Waals surface area contributed by atoms with Gasteiger partial charge in [0.15, 0.2) is 0 Å². The highest BCUT2D eigenvalue weighted by molar-refractivity contribution is 7.13. The van der Waals surface area contributed by atoms with Crippen LogP contribution in [0.15, 0.2) is 53.9 Å². The number of methoxy groups -OCH3 is 1. The molecule has 1 aromatic heterocycles. The number of rotatable bonds is 6. The predicted molar refractivity (Wildman–Crippen MR) is 122 cm³/mol. The monoisotopic (exact) mass is 421 g/mol. The van der Waals surface area contributed by atoms with Crippen LogP contribution in [0.25, 0.3) is 10.6 Å². The third-order valence-electron chi connectivity index (χ3n) is 5.49. The minimum absolute atomic E-state index is 0.0543. The molecule has 0 radical (unpaired) electrons. The third-order valence-corrected chi connectivity index (χ3v) is 6.43. The van der Waals surface area contributed by atoms with Crippen molar-refractivity contribution in [3.8, 4) is 16.3 Å². The first-order chi connectivity index (χ1) is 14.6. The molecule has 1 N–H and O–H groups in total. The molecule has 1 amide bonds. The number of nitrogens with zero attached hydrogens (tertiary/aromatic N) is 2. The smallest absolute Gasteiger partial charge is 0.226 e. The molecule has 0 saturated carbocycles. The molecule has 1 fully saturated rings. The van der Waals surface area contributed by atoms with Gasteiger partial charge in [-0.25, -0.2) is 4.98 Å². The van der Waals surface area contributed by atoms with Crippen molar-refractivity contribution in [2.24, 2.45) is 0 Å². The van der Waals surface area contributed by atoms with Gasteiger partial charge in [-0.2, -0.15) is 0 Å². The van der Waals surface area contributed by atoms with E-state index in [1.165, 1.54) is 11.3 Å². The molecule has 2 heterocycles. The van der Waals surface area contributed by atoms with Gasteiger partial charge in [0.2, 0.25) is 5.91 Å². The highest BCUT2D eigenvalue weighted by atomic mass is 32.1. The van der Waals surface area contributed by atoms with Gasteiger partial charge in [0.25, 0.3) is 0 Å². The maximum Gasteiger partial charge on any atom is 0.226 e. The molecule has 30 heavy (non-hydrogen) atoms. The summed E-state index contributed by atoms with van der Waals surface area (Å²) in [6, 6.07) is 16.7. The molecule has 0 aliphatic carbocycles. The summed E-state index contributed by atoms with van der Waals surface area (Å²) in [5.41, 5.74) is 4.37. The first-order valence-electron chi connectivity index (χ1n) is 10.3. The summed E-state index contributed by atoms with van der Waals surface area (Å²) in [5.74, 6) is 0.923. The van der Waals surface area contributed by atoms with E-state index in [1.54, 1.807) is 18.4 Å². The average Bonchev–Trinajstić information content (AvgIpc) is 3.23. The number of aryl methyl sites for hydroxylation is 1. The summed E-state index contributed by atoms with van der Waals surface area (Å²) in [6.07, 6.45) is 2.23. The van der Waals surface area contributed by atoms with Crippen molar-refractivity contribution in [1.82, 2.24) is 10.3 Å². The fourth-order valence-electron chi connectivity index (χ4n) is 3.74. The van der Waals surface area contributed by atoms with E-state index in [4.69, 9.17) is 4.74 Å². The van der Waals surface area contributed by atoms with E-state index in [2.05, 4.69) is 58.5 Å². The number of benzene rings is 2. The summed E-state index contributed by atoms with van der Waals surface area (Å²) >= 11 is 1.59. The molecule has 3 aromatic rings. The summed E-state index contributed by atoms with van der Waals surface area (Å²) < 4.78 is 5.23. The summed E-state index contributed by atoms with van der Waals surface area (Å²) in [6.45, 7) is 3.94. The molecular weight excluding hydrogens is 394 g/mol. The Morgan fingerprint density at radius 3 is 2.50 bits per heavy atom. The van der Waals surface area contributed by atoms with Crippen LogP contribution < -0.4 is 15.0 Å². The molecule has 0 atom stereocenters. The van der Waals surface area contributed by atoms with Gasteiger partial charge in [-0.05, 0) is 44.0 Å². The van der Waals surface area contributed by atoms with Gasteiger partial charge < -0.3 is 15.0 Å². The zero-order valence-electron chi connectivity index (χ0n) is 17.4. The Balaban J connectivity index is 1.26. The van der Waals surface area contributed by atoms with E-state index in [0.29, 0.717) is 6.42 Å². The molecule has 1 aliphatic rings. The van der Waals surface area contributed by atoms with Crippen molar-refractivity contribution in [3.63, 3.8) is 0 Å². The van der Waals surface area contributed by atoms with Crippen molar-refractivity contribution in [1.29, 1.82) is 0 Å². The zero-order valence-corrected chi connectivity index (χ0v) is 18.2. The van der Waals surface area contributed by atoms with Gasteiger partial charge >= 0.3 is 0 Å². The number of hydrogen-bond acceptors (Lipinski definition) is 5. The number of piperidine rings is 1. The Morgan fingerprint density at radius 2 is 1.83 bits per heavy atom. The van der Waals surface area contributed by atoms with E-state index >= 15 is 0 Å². The lowest BCUT2D eigenvalue weighted by Crippen LogP contribution is -2.45. The summed E-state index contributed by atoms with van der Waals surface area (Å²) in [7, 11) is 1.68. The lowest BCUT2D eigenvalue weighted by molar-refractivity contribution is -0.121. The van der Waals surface area contributed by atoms with Crippen LogP contribution in [0.3, 0.4) is 0 Å². The molecule has 4 rings (SSSR count). The van der Waals surface area contributed by atoms with E-state index in [0.717, 1.165) is 47.9 Å². The van der Waals surface area contributed by atoms with E-state index in [-0.39, 0.29) is 11.9 Å². The van der Waals surface area contributed by atoms with Crippen LogP contribution >= 0.6 is 11.3 Å². The van der Waals surface area contributed by atoms with E-state index < -0.39 is 0 Å². The van der Waals surface area contributed by atoms with Crippen molar-refractivity contribution in [2.45, 2.75) is 32.2 Å². The Morgan fingerprint density at radius 1 is 1.13 bits per heavy atom. The second-order valence-electron chi connectivity index (χ2n) is 7.71. The molecule has 0 unspecified atom stereocenters. The number of ether oxygens (including phenoxy) is 1. The SMILES string of the molecule is COc1ccc(N2CCC(NC(=O)Cc3csc(-c4ccc(C)cc4)n3)CC2)cc1. The molecular formula is C24H27N3O2S. The maximum absolute atomic E-state index is 12.5. The van der Waals surface area contributed by atoms with Crippen LogP contribution in [0.1, 0.15) is 24.1 Å². The molecule has 1 aliphatic heterocycles. The average molecular weight is 422 g/mol. The standard InChI is InChI=1S/C24H27N3O2S/c1-17-3-5-18(6-4-17)24-26-20(16-30-24)15-23(28)25-19-11-13-27(14-12-19)21-7-9-22(29-2)10-8-21/h3-10,16,19H,11-15H2,1-2H3,(H,25,28). The van der Waals surface area contributed by atoms with Gasteiger partial charge in [-0.3, -0.25) is 4.79 Å². The number of amides is 1. The van der Waals surface area contributed by atoms with Gasteiger partial charge in [0, 0.05) is 35.8 Å². The van der Waals surface area contributed by atoms with Gasteiger partial charge in [0.1, 0.15) is 10.8 Å². The lowest BCUT2D eigenvalue weighted by Gasteiger charge is -2.34. The highest BCUT2D eigenvalue weighted by Gasteiger charge is 2.21. The molecule has 0 spiro atoms. The third kappa shape index (κ3) is 5.00. The van der Waals surface area contributed by atoms with Crippen LogP contribution in [0.4, 0.5) is 5.69 Å². The minimum atomic E-state index is 0.0543. The van der Waals surface area contributed by atoms with Crippen molar-refractivity contribution in [3.05, 3.63) is 65.2 Å². The van der Waals surface area contributed by atoms with Gasteiger partial charge in [0.05, 0.1) is 19.2 Å². The van der Waals surface area contributed by atoms with Crippen LogP contribution in [-0.2, 0) is 11.2 Å². The molecule has 1 saturated heterocycles. The zero-order chi connectivity index (χ0) is 20.9. The van der Waals surface area contributed by atoms with Crippen molar-refractivity contribution >= 4 is 22.9 Å². The highest BCUT2D eigenvalue weighted by Crippen LogP contribution is 2.25. The lowest BCUT2D eigenvalue weighted by atomic mass is 10.0. The molecule has 5 nitrogen and oxygen atoms in total. The first-order valence-corrected chi connectivity index (χ1v) is 11.2. The topological polar surface area (TPSA) is 54.5 Å². The summed E-state index contributed by atoms with van der Waals surface area (Å²) in [4.78, 5) is 19.5. The maximum atomic E-state index is 12.5. The minimum Gasteiger partial charge on any atom is -0.497 e. The first kappa shape index (κ1) is 20.4. The molecule has 2 aromatic carbocycles. The van der Waals surface area contributed by atoms with Crippen molar-refractivity contribution in [2.75, 3.05) is 25.1 Å². The Hall–Kier alpha value is -2.86. The van der Waals surface area contributed by atoms with E-state index in [9.17, 15) is 4.79 Å². The number of carbonyl (C=O) groups is 1. The van der Waals surface area contributed by atoms with Crippen LogP contribution in [0.5, 0.6) is 5.75 Å². The van der Waals surface area contributed by atoms with Gasteiger partial charge in [-0.1, -0.05) is 29.8 Å². The molecule has 6 heteroatoms. The Bertz CT molecular complexity index is 974. The Kier molecular flexibility index (Phi) is 6.33. The fraction of sp³-hybridized carbons (Fsp3) is 0.333. The van der Waals surface area contributed by atoms with Gasteiger partial charge in [-0.15, -0.1) is 11.3 Å². The van der Waals surface area contributed by atoms with Crippen LogP contribution in [0.2, 0.25) is 0 Å². The van der Waals surface area contributed by atoms with E-state index in [1.807, 2.05) is 17.5 Å². The largest absolute Gasteiger partial charge is 0.497 e. The predicted octanol–water partition coefficient (Wildman–Crippen LogP) is 4.45. The normalized spacial score (nSPS) is 14.5. The second-order valence-corrected chi connectivity index (χ2v) is 8.57. The molecule has 0 bridgehead atoms. The number of carbonyl (C=O) groups excluding carboxylic acids is 1. The fourth-order valence-corrected chi connectivity index (χ4v) is 4.56. The van der Waals surface area contributed by atoms with Crippen molar-refractivity contribution < 1.29 is 9.53 Å². The number of hydrogen-bond donors (Lipinski definition) is 1. The number of nitrogens with one attached hydrogen (secondary N) is 1. The number of anilines is 1. The molecule has 156 valence electrons. The Labute approximate surface area is 181 Å². The second kappa shape index (κ2) is 9.30.